The number of para-hydroxylation sites is 1. The van der Waals surface area contributed by atoms with E-state index in [1.807, 2.05) is 35.1 Å². The molecule has 0 bridgehead atoms. The Morgan fingerprint density at radius 3 is 2.82 bits per heavy atom. The summed E-state index contributed by atoms with van der Waals surface area (Å²) in [5.74, 6) is 0. The minimum absolute atomic E-state index is 0.222. The Kier molecular flexibility index (Phi) is 3.97. The minimum Gasteiger partial charge on any atom is -0.396 e. The van der Waals surface area contributed by atoms with Gasteiger partial charge in [-0.05, 0) is 53.4 Å². The van der Waals surface area contributed by atoms with Gasteiger partial charge in [-0.2, -0.15) is 5.10 Å². The highest BCUT2D eigenvalue weighted by Gasteiger charge is 2.09. The van der Waals surface area contributed by atoms with Crippen molar-refractivity contribution in [1.29, 1.82) is 0 Å². The fraction of sp³-hybridized carbons (Fsp3) is 0.308. The zero-order valence-corrected chi connectivity index (χ0v) is 11.3. The number of aliphatic hydroxyl groups is 1. The molecule has 2 aromatic rings. The highest BCUT2D eigenvalue weighted by atomic mass is 79.9. The summed E-state index contributed by atoms with van der Waals surface area (Å²) in [6, 6.07) is 8.01. The van der Waals surface area contributed by atoms with Gasteiger partial charge >= 0.3 is 0 Å². The molecule has 1 heterocycles. The van der Waals surface area contributed by atoms with Crippen LogP contribution in [0.25, 0.3) is 5.69 Å². The summed E-state index contributed by atoms with van der Waals surface area (Å²) in [6.45, 7) is 2.28. The molecule has 17 heavy (non-hydrogen) atoms. The van der Waals surface area contributed by atoms with Gasteiger partial charge in [-0.3, -0.25) is 0 Å². The lowest BCUT2D eigenvalue weighted by atomic mass is 10.1. The van der Waals surface area contributed by atoms with Crippen molar-refractivity contribution in [2.24, 2.45) is 0 Å². The molecule has 0 spiro atoms. The zero-order valence-electron chi connectivity index (χ0n) is 9.73. The monoisotopic (exact) mass is 294 g/mol. The topological polar surface area (TPSA) is 38.1 Å². The van der Waals surface area contributed by atoms with Crippen LogP contribution in [0.3, 0.4) is 0 Å². The average molecular weight is 295 g/mol. The van der Waals surface area contributed by atoms with Crippen LogP contribution in [0.1, 0.15) is 17.7 Å². The number of hydrogen-bond donors (Lipinski definition) is 1. The van der Waals surface area contributed by atoms with Gasteiger partial charge in [-0.15, -0.1) is 0 Å². The van der Waals surface area contributed by atoms with Crippen molar-refractivity contribution in [1.82, 2.24) is 9.78 Å². The quantitative estimate of drug-likeness (QED) is 0.942. The first-order valence-corrected chi connectivity index (χ1v) is 6.42. The van der Waals surface area contributed by atoms with E-state index >= 15 is 0 Å². The van der Waals surface area contributed by atoms with Crippen molar-refractivity contribution in [3.63, 3.8) is 0 Å². The van der Waals surface area contributed by atoms with Crippen molar-refractivity contribution in [2.45, 2.75) is 19.8 Å². The number of aliphatic hydroxyl groups excluding tert-OH is 1. The van der Waals surface area contributed by atoms with Gasteiger partial charge in [-0.1, -0.05) is 12.1 Å². The maximum atomic E-state index is 8.85. The molecule has 0 saturated carbocycles. The largest absolute Gasteiger partial charge is 0.396 e. The number of aryl methyl sites for hydroxylation is 1. The van der Waals surface area contributed by atoms with Gasteiger partial charge in [-0.25, -0.2) is 4.68 Å². The first kappa shape index (κ1) is 12.3. The van der Waals surface area contributed by atoms with Crippen molar-refractivity contribution < 1.29 is 5.11 Å². The third-order valence-corrected chi connectivity index (χ3v) is 3.47. The highest BCUT2D eigenvalue weighted by Crippen LogP contribution is 2.22. The number of nitrogens with zero attached hydrogens (tertiary/aromatic N) is 2. The molecule has 4 heteroatoms. The van der Waals surface area contributed by atoms with E-state index in [1.165, 1.54) is 5.56 Å². The highest BCUT2D eigenvalue weighted by molar-refractivity contribution is 9.10. The molecule has 0 atom stereocenters. The molecule has 3 nitrogen and oxygen atoms in total. The maximum Gasteiger partial charge on any atom is 0.0790 e. The number of benzene rings is 1. The summed E-state index contributed by atoms with van der Waals surface area (Å²) >= 11 is 3.53. The van der Waals surface area contributed by atoms with Gasteiger partial charge in [0, 0.05) is 16.8 Å². The van der Waals surface area contributed by atoms with E-state index in [1.54, 1.807) is 0 Å². The summed E-state index contributed by atoms with van der Waals surface area (Å²) in [5, 5.41) is 13.3. The fourth-order valence-electron chi connectivity index (χ4n) is 1.82. The first-order chi connectivity index (χ1) is 8.24. The fourth-order valence-corrected chi connectivity index (χ4v) is 2.28. The smallest absolute Gasteiger partial charge is 0.0790 e. The van der Waals surface area contributed by atoms with Gasteiger partial charge in [0.2, 0.25) is 0 Å². The molecule has 0 aliphatic heterocycles. The van der Waals surface area contributed by atoms with Crippen molar-refractivity contribution in [3.05, 3.63) is 46.2 Å². The molecule has 1 aromatic carbocycles. The summed E-state index contributed by atoms with van der Waals surface area (Å²) < 4.78 is 2.96. The van der Waals surface area contributed by atoms with E-state index in [0.717, 1.165) is 28.7 Å². The van der Waals surface area contributed by atoms with Crippen molar-refractivity contribution in [2.75, 3.05) is 6.61 Å². The van der Waals surface area contributed by atoms with Crippen LogP contribution in [-0.2, 0) is 6.42 Å². The van der Waals surface area contributed by atoms with Crippen LogP contribution in [0, 0.1) is 6.92 Å². The van der Waals surface area contributed by atoms with Gasteiger partial charge in [0.05, 0.1) is 11.9 Å². The summed E-state index contributed by atoms with van der Waals surface area (Å²) in [4.78, 5) is 0. The molecule has 2 rings (SSSR count). The lowest BCUT2D eigenvalue weighted by Gasteiger charge is -2.07. The number of halogens is 1. The second-order valence-electron chi connectivity index (χ2n) is 3.95. The van der Waals surface area contributed by atoms with E-state index in [4.69, 9.17) is 5.11 Å². The van der Waals surface area contributed by atoms with Crippen LogP contribution in [0.5, 0.6) is 0 Å². The molecule has 0 radical (unpaired) electrons. The Bertz CT molecular complexity index is 508. The lowest BCUT2D eigenvalue weighted by Crippen LogP contribution is -2.00. The van der Waals surface area contributed by atoms with E-state index < -0.39 is 0 Å². The number of hydrogen-bond acceptors (Lipinski definition) is 2. The standard InChI is InChI=1S/C13H15BrN2O/c1-10-11(5-4-8-17)9-15-16(10)13-7-3-2-6-12(13)14/h2-3,6-7,9,17H,4-5,8H2,1H3. The van der Waals surface area contributed by atoms with Crippen LogP contribution >= 0.6 is 15.9 Å². The molecule has 0 fully saturated rings. The predicted octanol–water partition coefficient (Wildman–Crippen LogP) is 2.87. The second-order valence-corrected chi connectivity index (χ2v) is 4.80. The van der Waals surface area contributed by atoms with Crippen LogP contribution in [0.4, 0.5) is 0 Å². The molecule has 90 valence electrons. The van der Waals surface area contributed by atoms with Crippen LogP contribution in [0.15, 0.2) is 34.9 Å². The Morgan fingerprint density at radius 2 is 2.12 bits per heavy atom. The third-order valence-electron chi connectivity index (χ3n) is 2.80. The summed E-state index contributed by atoms with van der Waals surface area (Å²) in [7, 11) is 0. The minimum atomic E-state index is 0.222. The van der Waals surface area contributed by atoms with E-state index in [0.29, 0.717) is 0 Å². The summed E-state index contributed by atoms with van der Waals surface area (Å²) in [6.07, 6.45) is 3.53. The number of rotatable bonds is 4. The van der Waals surface area contributed by atoms with Gasteiger partial charge < -0.3 is 5.11 Å². The van der Waals surface area contributed by atoms with Gasteiger partial charge in [0.1, 0.15) is 0 Å². The molecule has 1 aromatic heterocycles. The number of aromatic nitrogens is 2. The maximum absolute atomic E-state index is 8.85. The molecular weight excluding hydrogens is 280 g/mol. The molecule has 1 N–H and O–H groups in total. The summed E-state index contributed by atoms with van der Waals surface area (Å²) in [5.41, 5.74) is 3.36. The molecule has 0 aliphatic rings. The van der Waals surface area contributed by atoms with Crippen molar-refractivity contribution in [3.8, 4) is 5.69 Å². The Balaban J connectivity index is 2.34. The van der Waals surface area contributed by atoms with Crippen LogP contribution < -0.4 is 0 Å². The zero-order chi connectivity index (χ0) is 12.3. The molecule has 0 unspecified atom stereocenters. The molecule has 0 amide bonds. The lowest BCUT2D eigenvalue weighted by molar-refractivity contribution is 0.288. The van der Waals surface area contributed by atoms with E-state index in [9.17, 15) is 0 Å². The normalized spacial score (nSPS) is 10.8. The van der Waals surface area contributed by atoms with E-state index in [-0.39, 0.29) is 6.61 Å². The van der Waals surface area contributed by atoms with E-state index in [2.05, 4.69) is 28.0 Å². The second kappa shape index (κ2) is 5.47. The third kappa shape index (κ3) is 2.58. The molecule has 0 aliphatic carbocycles. The van der Waals surface area contributed by atoms with Gasteiger partial charge in [0.25, 0.3) is 0 Å². The Morgan fingerprint density at radius 1 is 1.35 bits per heavy atom. The van der Waals surface area contributed by atoms with Crippen LogP contribution in [-0.4, -0.2) is 21.5 Å². The van der Waals surface area contributed by atoms with Gasteiger partial charge in [0.15, 0.2) is 0 Å². The average Bonchev–Trinajstić information content (AvgIpc) is 2.69. The molecular formula is C13H15BrN2O. The molecule has 0 saturated heterocycles. The first-order valence-electron chi connectivity index (χ1n) is 5.63. The van der Waals surface area contributed by atoms with Crippen molar-refractivity contribution >= 4 is 15.9 Å². The SMILES string of the molecule is Cc1c(CCCO)cnn1-c1ccccc1Br. The Hall–Kier alpha value is -1.13. The Labute approximate surface area is 109 Å². The van der Waals surface area contributed by atoms with Crippen LogP contribution in [0.2, 0.25) is 0 Å². The predicted molar refractivity (Wildman–Crippen MR) is 71.4 cm³/mol.